The fraction of sp³-hybridized carbons (Fsp3) is 0.579. The molecule has 0 amide bonds. The Balaban J connectivity index is 1.79. The van der Waals surface area contributed by atoms with Crippen molar-refractivity contribution < 1.29 is 14.9 Å². The number of fused-ring (bicyclic) bond motifs is 1. The van der Waals surface area contributed by atoms with Gasteiger partial charge >= 0.3 is 0 Å². The predicted octanol–water partition coefficient (Wildman–Crippen LogP) is 2.55. The molecule has 1 aliphatic carbocycles. The zero-order valence-electron chi connectivity index (χ0n) is 14.6. The number of nitrogens with zero attached hydrogens (tertiary/aromatic N) is 3. The van der Waals surface area contributed by atoms with E-state index in [0.29, 0.717) is 17.2 Å². The molecular weight excluding hydrogens is 318 g/mol. The van der Waals surface area contributed by atoms with E-state index in [2.05, 4.69) is 31.1 Å². The van der Waals surface area contributed by atoms with Crippen LogP contribution in [0.5, 0.6) is 0 Å². The third-order valence-electron chi connectivity index (χ3n) is 5.53. The van der Waals surface area contributed by atoms with Crippen molar-refractivity contribution in [3.8, 4) is 6.07 Å². The van der Waals surface area contributed by atoms with Crippen LogP contribution in [0.15, 0.2) is 18.3 Å². The maximum atomic E-state index is 9.77. The Bertz CT molecular complexity index is 859. The highest BCUT2D eigenvalue weighted by Crippen LogP contribution is 2.50. The van der Waals surface area contributed by atoms with Crippen molar-refractivity contribution in [3.63, 3.8) is 0 Å². The Morgan fingerprint density at radius 2 is 2.12 bits per heavy atom. The minimum absolute atomic E-state index is 0.145. The lowest BCUT2D eigenvalue weighted by Crippen LogP contribution is -2.33. The van der Waals surface area contributed by atoms with Gasteiger partial charge in [-0.2, -0.15) is 10.4 Å². The number of aromatic nitrogens is 2. The fourth-order valence-electron chi connectivity index (χ4n) is 4.04. The predicted molar refractivity (Wildman–Crippen MR) is 90.9 cm³/mol. The van der Waals surface area contributed by atoms with Crippen LogP contribution in [0.25, 0.3) is 5.52 Å². The van der Waals surface area contributed by atoms with Crippen LogP contribution in [-0.4, -0.2) is 32.0 Å². The van der Waals surface area contributed by atoms with Crippen molar-refractivity contribution in [2.24, 2.45) is 0 Å². The first-order valence-corrected chi connectivity index (χ1v) is 8.79. The van der Waals surface area contributed by atoms with Crippen LogP contribution in [0.3, 0.4) is 0 Å². The van der Waals surface area contributed by atoms with Gasteiger partial charge in [-0.1, -0.05) is 0 Å². The monoisotopic (exact) mass is 341 g/mol. The van der Waals surface area contributed by atoms with Crippen molar-refractivity contribution in [1.29, 1.82) is 5.26 Å². The maximum absolute atomic E-state index is 9.77. The third-order valence-corrected chi connectivity index (χ3v) is 5.53. The van der Waals surface area contributed by atoms with Gasteiger partial charge in [0, 0.05) is 12.2 Å². The van der Waals surface area contributed by atoms with Crippen LogP contribution >= 0.6 is 0 Å². The fourth-order valence-corrected chi connectivity index (χ4v) is 4.04. The molecule has 2 N–H and O–H groups in total. The molecule has 2 fully saturated rings. The maximum Gasteiger partial charge on any atom is 0.180 e. The lowest BCUT2D eigenvalue weighted by Gasteiger charge is -2.35. The number of hydrogen-bond acceptors (Lipinski definition) is 5. The Kier molecular flexibility index (Phi) is 3.66. The molecule has 3 heterocycles. The second-order valence-corrected chi connectivity index (χ2v) is 7.94. The van der Waals surface area contributed by atoms with Gasteiger partial charge in [0.25, 0.3) is 0 Å². The number of hydrogen-bond donors (Lipinski definition) is 2. The molecule has 2 aromatic heterocycles. The van der Waals surface area contributed by atoms with Gasteiger partial charge in [-0.15, -0.1) is 0 Å². The van der Waals surface area contributed by atoms with E-state index in [4.69, 9.17) is 4.74 Å². The van der Waals surface area contributed by atoms with Gasteiger partial charge < -0.3 is 14.9 Å². The summed E-state index contributed by atoms with van der Waals surface area (Å²) in [6.07, 6.45) is 3.58. The second kappa shape index (κ2) is 5.53. The standard InChI is InChI=1S/C19H23N3O3/c1-18(2)9-12(3-6-25-18)13-7-14-8-15(17(23)24)16(22(14)21-10-13)19(11-20)4-5-19/h7-8,10,12,17,23-24H,3-6,9H2,1-2H3/t12-/m1/s1. The summed E-state index contributed by atoms with van der Waals surface area (Å²) in [6, 6.07) is 6.14. The zero-order valence-corrected chi connectivity index (χ0v) is 14.6. The molecule has 6 heteroatoms. The van der Waals surface area contributed by atoms with Crippen LogP contribution in [0.1, 0.15) is 68.6 Å². The summed E-state index contributed by atoms with van der Waals surface area (Å²) < 4.78 is 7.51. The molecule has 0 aromatic carbocycles. The van der Waals surface area contributed by atoms with Gasteiger partial charge in [0.2, 0.25) is 0 Å². The van der Waals surface area contributed by atoms with E-state index >= 15 is 0 Å². The molecular formula is C19H23N3O3. The minimum atomic E-state index is -1.60. The van der Waals surface area contributed by atoms with Crippen molar-refractivity contribution >= 4 is 5.52 Å². The molecule has 1 saturated heterocycles. The van der Waals surface area contributed by atoms with Gasteiger partial charge in [0.05, 0.1) is 34.5 Å². The Morgan fingerprint density at radius 1 is 1.36 bits per heavy atom. The number of nitriles is 1. The van der Waals surface area contributed by atoms with E-state index in [-0.39, 0.29) is 5.60 Å². The summed E-state index contributed by atoms with van der Waals surface area (Å²) in [5, 5.41) is 33.6. The van der Waals surface area contributed by atoms with Crippen LogP contribution in [0, 0.1) is 11.3 Å². The summed E-state index contributed by atoms with van der Waals surface area (Å²) in [7, 11) is 0. The van der Waals surface area contributed by atoms with Gasteiger partial charge in [0.1, 0.15) is 0 Å². The molecule has 132 valence electrons. The van der Waals surface area contributed by atoms with E-state index in [0.717, 1.165) is 43.4 Å². The SMILES string of the molecule is CC1(C)C[C@H](c2cnn3c(C4(C#N)CC4)c(C(O)O)cc3c2)CCO1. The van der Waals surface area contributed by atoms with E-state index < -0.39 is 11.7 Å². The second-order valence-electron chi connectivity index (χ2n) is 7.94. The van der Waals surface area contributed by atoms with Gasteiger partial charge in [0.15, 0.2) is 6.29 Å². The molecule has 0 spiro atoms. The number of rotatable bonds is 3. The van der Waals surface area contributed by atoms with E-state index in [1.807, 2.05) is 6.20 Å². The summed E-state index contributed by atoms with van der Waals surface area (Å²) in [4.78, 5) is 0. The summed E-state index contributed by atoms with van der Waals surface area (Å²) in [5.41, 5.74) is 2.17. The summed E-state index contributed by atoms with van der Waals surface area (Å²) in [5.74, 6) is 0.368. The van der Waals surface area contributed by atoms with Crippen molar-refractivity contribution in [2.75, 3.05) is 6.61 Å². The van der Waals surface area contributed by atoms with E-state index in [1.165, 1.54) is 0 Å². The highest BCUT2D eigenvalue weighted by atomic mass is 16.5. The van der Waals surface area contributed by atoms with Crippen LogP contribution in [-0.2, 0) is 10.2 Å². The highest BCUT2D eigenvalue weighted by molar-refractivity contribution is 5.58. The average molecular weight is 341 g/mol. The topological polar surface area (TPSA) is 90.8 Å². The van der Waals surface area contributed by atoms with Crippen LogP contribution < -0.4 is 0 Å². The zero-order chi connectivity index (χ0) is 17.8. The summed E-state index contributed by atoms with van der Waals surface area (Å²) in [6.45, 7) is 4.93. The van der Waals surface area contributed by atoms with E-state index in [1.54, 1.807) is 10.6 Å². The molecule has 6 nitrogen and oxygen atoms in total. The molecule has 1 saturated carbocycles. The molecule has 2 aromatic rings. The van der Waals surface area contributed by atoms with Crippen molar-refractivity contribution in [1.82, 2.24) is 9.61 Å². The number of aliphatic hydroxyl groups excluding tert-OH is 1. The number of ether oxygens (including phenoxy) is 1. The normalized spacial score (nSPS) is 24.4. The third kappa shape index (κ3) is 2.73. The molecule has 0 bridgehead atoms. The molecule has 0 radical (unpaired) electrons. The molecule has 4 rings (SSSR count). The van der Waals surface area contributed by atoms with Crippen LogP contribution in [0.2, 0.25) is 0 Å². The Morgan fingerprint density at radius 3 is 2.72 bits per heavy atom. The lowest BCUT2D eigenvalue weighted by molar-refractivity contribution is -0.0593. The Labute approximate surface area is 146 Å². The van der Waals surface area contributed by atoms with Crippen LogP contribution in [0.4, 0.5) is 0 Å². The largest absolute Gasteiger partial charge is 0.376 e. The smallest absolute Gasteiger partial charge is 0.180 e. The van der Waals surface area contributed by atoms with Crippen molar-refractivity contribution in [3.05, 3.63) is 35.2 Å². The summed E-state index contributed by atoms with van der Waals surface area (Å²) >= 11 is 0. The van der Waals surface area contributed by atoms with Gasteiger partial charge in [-0.25, -0.2) is 4.52 Å². The van der Waals surface area contributed by atoms with Crippen molar-refractivity contribution in [2.45, 2.75) is 62.8 Å². The average Bonchev–Trinajstić information content (AvgIpc) is 3.26. The lowest BCUT2D eigenvalue weighted by atomic mass is 9.84. The first-order chi connectivity index (χ1) is 11.9. The highest BCUT2D eigenvalue weighted by Gasteiger charge is 2.49. The molecule has 2 aliphatic rings. The molecule has 1 aliphatic heterocycles. The Hall–Kier alpha value is -1.94. The van der Waals surface area contributed by atoms with E-state index in [9.17, 15) is 15.5 Å². The van der Waals surface area contributed by atoms with Gasteiger partial charge in [-0.3, -0.25) is 0 Å². The molecule has 1 atom stereocenters. The quantitative estimate of drug-likeness (QED) is 0.837. The first-order valence-electron chi connectivity index (χ1n) is 8.79. The number of aliphatic hydroxyl groups is 2. The minimum Gasteiger partial charge on any atom is -0.376 e. The van der Waals surface area contributed by atoms with Gasteiger partial charge in [-0.05, 0) is 63.1 Å². The first kappa shape index (κ1) is 16.5. The molecule has 0 unspecified atom stereocenters. The molecule has 25 heavy (non-hydrogen) atoms.